The van der Waals surface area contributed by atoms with Crippen LogP contribution in [0.3, 0.4) is 0 Å². The van der Waals surface area contributed by atoms with Crippen molar-refractivity contribution in [3.05, 3.63) is 12.3 Å². The molecule has 0 aliphatic carbocycles. The van der Waals surface area contributed by atoms with Gasteiger partial charge in [0.2, 0.25) is 0 Å². The number of hydrogen-bond acceptors (Lipinski definition) is 3. The van der Waals surface area contributed by atoms with Gasteiger partial charge < -0.3 is 14.7 Å². The lowest BCUT2D eigenvalue weighted by atomic mass is 10.1. The van der Waals surface area contributed by atoms with Crippen molar-refractivity contribution in [1.29, 1.82) is 0 Å². The van der Waals surface area contributed by atoms with Crippen LogP contribution in [0.2, 0.25) is 0 Å². The normalized spacial score (nSPS) is 17.7. The smallest absolute Gasteiger partial charge is 0.0927 e. The molecule has 0 saturated carbocycles. The summed E-state index contributed by atoms with van der Waals surface area (Å²) in [5.41, 5.74) is 1.02. The number of likely N-dealkylation sites (tertiary alicyclic amines) is 1. The molecule has 1 saturated heterocycles. The molecule has 1 aliphatic rings. The van der Waals surface area contributed by atoms with E-state index in [0.29, 0.717) is 18.6 Å². The lowest BCUT2D eigenvalue weighted by molar-refractivity contribution is -0.0695. The van der Waals surface area contributed by atoms with Gasteiger partial charge in [0, 0.05) is 31.8 Å². The van der Waals surface area contributed by atoms with Crippen molar-refractivity contribution in [3.8, 4) is 0 Å². The van der Waals surface area contributed by atoms with Gasteiger partial charge in [-0.25, -0.2) is 0 Å². The minimum Gasteiger partial charge on any atom is -0.396 e. The van der Waals surface area contributed by atoms with E-state index in [9.17, 15) is 0 Å². The molecule has 0 amide bonds. The van der Waals surface area contributed by atoms with Crippen LogP contribution in [0.5, 0.6) is 0 Å². The van der Waals surface area contributed by atoms with Crippen LogP contribution in [0, 0.1) is 0 Å². The average Bonchev–Trinajstić information content (AvgIpc) is 1.95. The van der Waals surface area contributed by atoms with Gasteiger partial charge in [0.1, 0.15) is 0 Å². The molecule has 1 fully saturated rings. The van der Waals surface area contributed by atoms with E-state index in [1.807, 2.05) is 13.8 Å². The molecular weight excluding hydrogens is 166 g/mol. The summed E-state index contributed by atoms with van der Waals surface area (Å²) in [5, 5.41) is 8.70. The standard InChI is InChI=1S/C10H19NO2/c1-8(2)13-10-6-11(7-10)9(3)4-5-12/h8,10,12H,3-7H2,1-2H3. The maximum Gasteiger partial charge on any atom is 0.0927 e. The van der Waals surface area contributed by atoms with Gasteiger partial charge in [0.25, 0.3) is 0 Å². The Morgan fingerprint density at radius 1 is 1.62 bits per heavy atom. The predicted octanol–water partition coefficient (Wildman–Crippen LogP) is 0.992. The Morgan fingerprint density at radius 3 is 2.69 bits per heavy atom. The lowest BCUT2D eigenvalue weighted by Gasteiger charge is -2.42. The molecule has 0 bridgehead atoms. The van der Waals surface area contributed by atoms with E-state index in [1.165, 1.54) is 0 Å². The van der Waals surface area contributed by atoms with Crippen molar-refractivity contribution in [2.75, 3.05) is 19.7 Å². The summed E-state index contributed by atoms with van der Waals surface area (Å²) >= 11 is 0. The van der Waals surface area contributed by atoms with Crippen molar-refractivity contribution in [2.45, 2.75) is 32.5 Å². The largest absolute Gasteiger partial charge is 0.396 e. The van der Waals surface area contributed by atoms with Gasteiger partial charge in [-0.2, -0.15) is 0 Å². The van der Waals surface area contributed by atoms with Crippen molar-refractivity contribution in [1.82, 2.24) is 4.90 Å². The van der Waals surface area contributed by atoms with Crippen molar-refractivity contribution >= 4 is 0 Å². The third-order valence-corrected chi connectivity index (χ3v) is 2.16. The van der Waals surface area contributed by atoms with Crippen LogP contribution in [-0.2, 0) is 4.74 Å². The minimum atomic E-state index is 0.186. The third-order valence-electron chi connectivity index (χ3n) is 2.16. The number of nitrogens with zero attached hydrogens (tertiary/aromatic N) is 1. The quantitative estimate of drug-likeness (QED) is 0.693. The lowest BCUT2D eigenvalue weighted by Crippen LogP contribution is -2.52. The zero-order valence-electron chi connectivity index (χ0n) is 8.49. The molecule has 1 rings (SSSR count). The van der Waals surface area contributed by atoms with Crippen LogP contribution in [0.4, 0.5) is 0 Å². The van der Waals surface area contributed by atoms with E-state index in [0.717, 1.165) is 18.8 Å². The van der Waals surface area contributed by atoms with Gasteiger partial charge in [-0.1, -0.05) is 6.58 Å². The van der Waals surface area contributed by atoms with Crippen LogP contribution in [-0.4, -0.2) is 41.9 Å². The number of hydrogen-bond donors (Lipinski definition) is 1. The van der Waals surface area contributed by atoms with Gasteiger partial charge >= 0.3 is 0 Å². The van der Waals surface area contributed by atoms with Crippen LogP contribution in [0.15, 0.2) is 12.3 Å². The van der Waals surface area contributed by atoms with E-state index in [2.05, 4.69) is 11.5 Å². The van der Waals surface area contributed by atoms with Gasteiger partial charge in [-0.15, -0.1) is 0 Å². The molecule has 13 heavy (non-hydrogen) atoms. The number of rotatable bonds is 5. The van der Waals surface area contributed by atoms with Crippen LogP contribution < -0.4 is 0 Å². The summed E-state index contributed by atoms with van der Waals surface area (Å²) in [7, 11) is 0. The van der Waals surface area contributed by atoms with E-state index < -0.39 is 0 Å². The number of ether oxygens (including phenoxy) is 1. The highest BCUT2D eigenvalue weighted by atomic mass is 16.5. The van der Waals surface area contributed by atoms with Crippen LogP contribution >= 0.6 is 0 Å². The third kappa shape index (κ3) is 3.01. The summed E-state index contributed by atoms with van der Waals surface area (Å²) in [4.78, 5) is 2.16. The molecule has 0 aromatic heterocycles. The Labute approximate surface area is 80.0 Å². The van der Waals surface area contributed by atoms with Gasteiger partial charge in [-0.3, -0.25) is 0 Å². The van der Waals surface area contributed by atoms with Gasteiger partial charge in [-0.05, 0) is 13.8 Å². The summed E-state index contributed by atoms with van der Waals surface area (Å²) in [6.07, 6.45) is 1.34. The molecule has 1 aliphatic heterocycles. The molecule has 0 spiro atoms. The molecule has 1 N–H and O–H groups in total. The summed E-state index contributed by atoms with van der Waals surface area (Å²) in [6.45, 7) is 10.0. The van der Waals surface area contributed by atoms with E-state index in [-0.39, 0.29) is 6.61 Å². The van der Waals surface area contributed by atoms with E-state index in [4.69, 9.17) is 9.84 Å². The second-order valence-corrected chi connectivity index (χ2v) is 3.75. The highest BCUT2D eigenvalue weighted by molar-refractivity contribution is 5.01. The fraction of sp³-hybridized carbons (Fsp3) is 0.800. The monoisotopic (exact) mass is 185 g/mol. The molecule has 3 heteroatoms. The Balaban J connectivity index is 2.14. The van der Waals surface area contributed by atoms with Crippen LogP contribution in [0.25, 0.3) is 0 Å². The summed E-state index contributed by atoms with van der Waals surface area (Å²) < 4.78 is 5.60. The number of aliphatic hydroxyl groups excluding tert-OH is 1. The second kappa shape index (κ2) is 4.63. The predicted molar refractivity (Wildman–Crippen MR) is 52.4 cm³/mol. The first kappa shape index (κ1) is 10.5. The summed E-state index contributed by atoms with van der Waals surface area (Å²) in [5.74, 6) is 0. The minimum absolute atomic E-state index is 0.186. The number of aliphatic hydroxyl groups is 1. The van der Waals surface area contributed by atoms with Gasteiger partial charge in [0.15, 0.2) is 0 Å². The van der Waals surface area contributed by atoms with Crippen LogP contribution in [0.1, 0.15) is 20.3 Å². The SMILES string of the molecule is C=C(CCO)N1CC(OC(C)C)C1. The molecule has 0 aromatic carbocycles. The molecule has 1 heterocycles. The van der Waals surface area contributed by atoms with E-state index in [1.54, 1.807) is 0 Å². The zero-order valence-corrected chi connectivity index (χ0v) is 8.49. The fourth-order valence-corrected chi connectivity index (χ4v) is 1.45. The zero-order chi connectivity index (χ0) is 9.84. The van der Waals surface area contributed by atoms with Crippen molar-refractivity contribution in [3.63, 3.8) is 0 Å². The molecule has 0 aromatic rings. The highest BCUT2D eigenvalue weighted by Gasteiger charge is 2.28. The Bertz CT molecular complexity index is 174. The average molecular weight is 185 g/mol. The Kier molecular flexibility index (Phi) is 3.75. The summed E-state index contributed by atoms with van der Waals surface area (Å²) in [6, 6.07) is 0. The topological polar surface area (TPSA) is 32.7 Å². The molecule has 0 unspecified atom stereocenters. The molecule has 0 atom stereocenters. The Hall–Kier alpha value is -0.540. The first-order valence-corrected chi connectivity index (χ1v) is 4.82. The first-order chi connectivity index (χ1) is 6.13. The maximum atomic E-state index is 8.70. The van der Waals surface area contributed by atoms with Crippen molar-refractivity contribution in [2.24, 2.45) is 0 Å². The highest BCUT2D eigenvalue weighted by Crippen LogP contribution is 2.19. The molecule has 76 valence electrons. The maximum absolute atomic E-state index is 8.70. The van der Waals surface area contributed by atoms with Crippen molar-refractivity contribution < 1.29 is 9.84 Å². The van der Waals surface area contributed by atoms with E-state index >= 15 is 0 Å². The fourth-order valence-electron chi connectivity index (χ4n) is 1.45. The molecule has 0 radical (unpaired) electrons. The molecular formula is C10H19NO2. The second-order valence-electron chi connectivity index (χ2n) is 3.75. The van der Waals surface area contributed by atoms with Gasteiger partial charge in [0.05, 0.1) is 12.2 Å². The first-order valence-electron chi connectivity index (χ1n) is 4.82. The Morgan fingerprint density at radius 2 is 2.23 bits per heavy atom. The molecule has 3 nitrogen and oxygen atoms in total.